The van der Waals surface area contributed by atoms with Gasteiger partial charge in [-0.05, 0) is 12.5 Å². The van der Waals surface area contributed by atoms with Crippen molar-refractivity contribution in [2.45, 2.75) is 13.0 Å². The third kappa shape index (κ3) is 1.81. The van der Waals surface area contributed by atoms with Gasteiger partial charge < -0.3 is 4.74 Å². The monoisotopic (exact) mass is 147 g/mol. The number of aryl methyl sites for hydroxylation is 1. The van der Waals surface area contributed by atoms with Gasteiger partial charge in [-0.1, -0.05) is 29.8 Å². The lowest BCUT2D eigenvalue weighted by Crippen LogP contribution is -1.89. The molecule has 1 aliphatic heterocycles. The summed E-state index contributed by atoms with van der Waals surface area (Å²) < 4.78 is 5.10. The van der Waals surface area contributed by atoms with Crippen LogP contribution in [0, 0.1) is 13.3 Å². The van der Waals surface area contributed by atoms with E-state index < -0.39 is 0 Å². The fraction of sp³-hybridized carbons (Fsp3) is 0.300. The first-order valence-corrected chi connectivity index (χ1v) is 3.88. The molecule has 1 saturated heterocycles. The zero-order chi connectivity index (χ0) is 7.68. The van der Waals surface area contributed by atoms with Crippen LogP contribution in [0.1, 0.15) is 11.1 Å². The Hall–Kier alpha value is -0.820. The first-order valence-electron chi connectivity index (χ1n) is 3.88. The maximum Gasteiger partial charge on any atom is 0.0885 e. The Morgan fingerprint density at radius 2 is 2.36 bits per heavy atom. The number of epoxide rings is 1. The van der Waals surface area contributed by atoms with Crippen molar-refractivity contribution in [1.82, 2.24) is 0 Å². The number of rotatable bonds is 2. The summed E-state index contributed by atoms with van der Waals surface area (Å²) in [4.78, 5) is 0. The first-order chi connectivity index (χ1) is 5.34. The van der Waals surface area contributed by atoms with Crippen LogP contribution in [0.3, 0.4) is 0 Å². The van der Waals surface area contributed by atoms with Crippen molar-refractivity contribution in [3.63, 3.8) is 0 Å². The van der Waals surface area contributed by atoms with Crippen LogP contribution in [0.2, 0.25) is 0 Å². The van der Waals surface area contributed by atoms with Crippen LogP contribution in [0.4, 0.5) is 0 Å². The Kier molecular flexibility index (Phi) is 1.66. The van der Waals surface area contributed by atoms with Gasteiger partial charge in [0.2, 0.25) is 0 Å². The van der Waals surface area contributed by atoms with Gasteiger partial charge >= 0.3 is 0 Å². The minimum atomic E-state index is 0.386. The van der Waals surface area contributed by atoms with Crippen LogP contribution in [0.5, 0.6) is 0 Å². The van der Waals surface area contributed by atoms with E-state index >= 15 is 0 Å². The molecule has 1 aromatic rings. The van der Waals surface area contributed by atoms with E-state index in [0.29, 0.717) is 6.10 Å². The molecule has 0 bridgehead atoms. The average Bonchev–Trinajstić information content (AvgIpc) is 2.71. The molecule has 0 N–H and O–H groups in total. The molecule has 1 heterocycles. The predicted octanol–water partition coefficient (Wildman–Crippen LogP) is 1.95. The molecule has 1 fully saturated rings. The summed E-state index contributed by atoms with van der Waals surface area (Å²) in [5.74, 6) is 0. The second-order valence-electron chi connectivity index (χ2n) is 2.95. The molecule has 57 valence electrons. The molecule has 1 aliphatic rings. The van der Waals surface area contributed by atoms with Crippen molar-refractivity contribution in [3.8, 4) is 0 Å². The van der Waals surface area contributed by atoms with E-state index in [4.69, 9.17) is 4.74 Å². The molecule has 1 nitrogen and oxygen atoms in total. The second-order valence-corrected chi connectivity index (χ2v) is 2.95. The van der Waals surface area contributed by atoms with Crippen LogP contribution in [0.25, 0.3) is 0 Å². The molecule has 1 atom stereocenters. The summed E-state index contributed by atoms with van der Waals surface area (Å²) in [5.41, 5.74) is 2.58. The third-order valence-corrected chi connectivity index (χ3v) is 1.78. The molecule has 0 aromatic heterocycles. The van der Waals surface area contributed by atoms with Crippen molar-refractivity contribution in [3.05, 3.63) is 41.8 Å². The minimum absolute atomic E-state index is 0.386. The van der Waals surface area contributed by atoms with Gasteiger partial charge in [-0.25, -0.2) is 0 Å². The van der Waals surface area contributed by atoms with E-state index in [1.54, 1.807) is 0 Å². The third-order valence-electron chi connectivity index (χ3n) is 1.78. The highest BCUT2D eigenvalue weighted by Gasteiger charge is 2.22. The Labute approximate surface area is 67.0 Å². The average molecular weight is 147 g/mol. The van der Waals surface area contributed by atoms with E-state index in [1.807, 2.05) is 0 Å². The van der Waals surface area contributed by atoms with Crippen molar-refractivity contribution >= 4 is 0 Å². The zero-order valence-electron chi connectivity index (χ0n) is 6.58. The molecule has 0 saturated carbocycles. The van der Waals surface area contributed by atoms with E-state index in [0.717, 1.165) is 6.61 Å². The number of hydrogen-bond acceptors (Lipinski definition) is 1. The lowest BCUT2D eigenvalue weighted by atomic mass is 10.1. The van der Waals surface area contributed by atoms with Crippen molar-refractivity contribution in [2.24, 2.45) is 0 Å². The summed E-state index contributed by atoms with van der Waals surface area (Å²) >= 11 is 0. The molecule has 1 heteroatoms. The van der Waals surface area contributed by atoms with Crippen molar-refractivity contribution in [2.75, 3.05) is 6.61 Å². The van der Waals surface area contributed by atoms with Crippen LogP contribution in [0.15, 0.2) is 24.3 Å². The smallest absolute Gasteiger partial charge is 0.0885 e. The molecule has 1 radical (unpaired) electrons. The molecule has 1 aromatic carbocycles. The van der Waals surface area contributed by atoms with Crippen molar-refractivity contribution < 1.29 is 4.74 Å². The largest absolute Gasteiger partial charge is 0.372 e. The van der Waals surface area contributed by atoms with Crippen LogP contribution >= 0.6 is 0 Å². The fourth-order valence-electron chi connectivity index (χ4n) is 1.14. The number of benzene rings is 1. The molecule has 0 aliphatic carbocycles. The second kappa shape index (κ2) is 2.67. The van der Waals surface area contributed by atoms with Gasteiger partial charge in [0, 0.05) is 6.42 Å². The fourth-order valence-corrected chi connectivity index (χ4v) is 1.14. The topological polar surface area (TPSA) is 12.5 Å². The quantitative estimate of drug-likeness (QED) is 0.582. The lowest BCUT2D eigenvalue weighted by Gasteiger charge is -1.97. The zero-order valence-corrected chi connectivity index (χ0v) is 6.58. The van der Waals surface area contributed by atoms with Gasteiger partial charge in [0.1, 0.15) is 0 Å². The van der Waals surface area contributed by atoms with Gasteiger partial charge in [-0.2, -0.15) is 0 Å². The van der Waals surface area contributed by atoms with Gasteiger partial charge in [-0.15, -0.1) is 0 Å². The maximum atomic E-state index is 5.10. The van der Waals surface area contributed by atoms with Gasteiger partial charge in [0.05, 0.1) is 12.7 Å². The first kappa shape index (κ1) is 6.86. The van der Waals surface area contributed by atoms with Crippen LogP contribution in [-0.4, -0.2) is 12.7 Å². The maximum absolute atomic E-state index is 5.10. The molecule has 0 amide bonds. The highest BCUT2D eigenvalue weighted by molar-refractivity contribution is 5.29. The molecule has 2 rings (SSSR count). The highest BCUT2D eigenvalue weighted by Crippen LogP contribution is 2.18. The SMILES string of the molecule is Cc1cccc([CH]C2CO2)c1. The van der Waals surface area contributed by atoms with Gasteiger partial charge in [-0.3, -0.25) is 0 Å². The number of ether oxygens (including phenoxy) is 1. The van der Waals surface area contributed by atoms with Gasteiger partial charge in [0.25, 0.3) is 0 Å². The Morgan fingerprint density at radius 3 is 3.00 bits per heavy atom. The molecular formula is C10H11O. The summed E-state index contributed by atoms with van der Waals surface area (Å²) in [5, 5.41) is 0. The lowest BCUT2D eigenvalue weighted by molar-refractivity contribution is 0.432. The van der Waals surface area contributed by atoms with E-state index in [2.05, 4.69) is 37.6 Å². The Morgan fingerprint density at radius 1 is 1.55 bits per heavy atom. The van der Waals surface area contributed by atoms with E-state index in [9.17, 15) is 0 Å². The predicted molar refractivity (Wildman–Crippen MR) is 44.3 cm³/mol. The van der Waals surface area contributed by atoms with E-state index in [-0.39, 0.29) is 0 Å². The summed E-state index contributed by atoms with van der Waals surface area (Å²) in [6.07, 6.45) is 2.55. The summed E-state index contributed by atoms with van der Waals surface area (Å²) in [6, 6.07) is 8.45. The van der Waals surface area contributed by atoms with Crippen LogP contribution < -0.4 is 0 Å². The van der Waals surface area contributed by atoms with Crippen molar-refractivity contribution in [1.29, 1.82) is 0 Å². The standard InChI is InChI=1S/C10H11O/c1-8-3-2-4-9(5-8)6-10-7-11-10/h2-6,10H,7H2,1H3. The van der Waals surface area contributed by atoms with Gasteiger partial charge in [0.15, 0.2) is 0 Å². The summed E-state index contributed by atoms with van der Waals surface area (Å²) in [7, 11) is 0. The normalized spacial score (nSPS) is 21.7. The van der Waals surface area contributed by atoms with E-state index in [1.165, 1.54) is 11.1 Å². The minimum Gasteiger partial charge on any atom is -0.372 e. The molecule has 1 unspecified atom stereocenters. The Balaban J connectivity index is 2.10. The molecule has 0 spiro atoms. The molecule has 11 heavy (non-hydrogen) atoms. The van der Waals surface area contributed by atoms with Crippen LogP contribution in [-0.2, 0) is 4.74 Å². The highest BCUT2D eigenvalue weighted by atomic mass is 16.6. The number of hydrogen-bond donors (Lipinski definition) is 0. The Bertz CT molecular complexity index is 251. The molecular weight excluding hydrogens is 136 g/mol. The summed E-state index contributed by atoms with van der Waals surface area (Å²) in [6.45, 7) is 3.00.